The smallest absolute Gasteiger partial charge is 0.358 e. The summed E-state index contributed by atoms with van der Waals surface area (Å²) in [5.41, 5.74) is 1.10. The standard InChI is InChI=1S/C10H10N2O2/c1-3-14-10(13)9-8(6-11)7(2)4-5-12-9/h4-5H,3H2,1-2H3. The molecule has 14 heavy (non-hydrogen) atoms. The third-order valence-electron chi connectivity index (χ3n) is 1.74. The summed E-state index contributed by atoms with van der Waals surface area (Å²) in [6.45, 7) is 3.74. The Labute approximate surface area is 82.1 Å². The Bertz CT molecular complexity index is 394. The molecule has 0 saturated carbocycles. The van der Waals surface area contributed by atoms with Crippen molar-refractivity contribution in [1.82, 2.24) is 4.98 Å². The Morgan fingerprint density at radius 2 is 2.43 bits per heavy atom. The molecule has 1 aromatic rings. The van der Waals surface area contributed by atoms with Gasteiger partial charge in [-0.25, -0.2) is 9.78 Å². The molecule has 0 fully saturated rings. The average Bonchev–Trinajstić information content (AvgIpc) is 2.17. The van der Waals surface area contributed by atoms with Crippen molar-refractivity contribution < 1.29 is 9.53 Å². The van der Waals surface area contributed by atoms with Crippen molar-refractivity contribution >= 4 is 5.97 Å². The number of hydrogen-bond donors (Lipinski definition) is 0. The molecular formula is C10H10N2O2. The van der Waals surface area contributed by atoms with Crippen LogP contribution in [0.3, 0.4) is 0 Å². The molecular weight excluding hydrogens is 180 g/mol. The van der Waals surface area contributed by atoms with Gasteiger partial charge >= 0.3 is 5.97 Å². The van der Waals surface area contributed by atoms with E-state index >= 15 is 0 Å². The van der Waals surface area contributed by atoms with Crippen LogP contribution in [-0.4, -0.2) is 17.6 Å². The monoisotopic (exact) mass is 190 g/mol. The Kier molecular flexibility index (Phi) is 3.19. The third kappa shape index (κ3) is 1.88. The van der Waals surface area contributed by atoms with E-state index in [1.54, 1.807) is 19.9 Å². The van der Waals surface area contributed by atoms with Crippen molar-refractivity contribution in [2.45, 2.75) is 13.8 Å². The highest BCUT2D eigenvalue weighted by molar-refractivity contribution is 5.90. The van der Waals surface area contributed by atoms with Crippen LogP contribution in [0.25, 0.3) is 0 Å². The topological polar surface area (TPSA) is 63.0 Å². The van der Waals surface area contributed by atoms with Gasteiger partial charge in [0.15, 0.2) is 5.69 Å². The number of nitrogens with zero attached hydrogens (tertiary/aromatic N) is 2. The fourth-order valence-corrected chi connectivity index (χ4v) is 1.05. The first kappa shape index (κ1) is 10.2. The summed E-state index contributed by atoms with van der Waals surface area (Å²) in [7, 11) is 0. The SMILES string of the molecule is CCOC(=O)c1nccc(C)c1C#N. The molecule has 0 radical (unpaired) electrons. The number of nitriles is 1. The van der Waals surface area contributed by atoms with Gasteiger partial charge in [-0.3, -0.25) is 0 Å². The Hall–Kier alpha value is -1.89. The zero-order valence-corrected chi connectivity index (χ0v) is 8.07. The van der Waals surface area contributed by atoms with Gasteiger partial charge in [0.2, 0.25) is 0 Å². The van der Waals surface area contributed by atoms with E-state index in [-0.39, 0.29) is 17.9 Å². The Morgan fingerprint density at radius 3 is 3.00 bits per heavy atom. The van der Waals surface area contributed by atoms with Crippen LogP contribution in [0, 0.1) is 18.3 Å². The van der Waals surface area contributed by atoms with Crippen molar-refractivity contribution in [3.8, 4) is 6.07 Å². The molecule has 0 unspecified atom stereocenters. The highest BCUT2D eigenvalue weighted by Gasteiger charge is 2.15. The number of aromatic nitrogens is 1. The maximum absolute atomic E-state index is 11.3. The molecule has 1 aromatic heterocycles. The predicted molar refractivity (Wildman–Crippen MR) is 49.6 cm³/mol. The van der Waals surface area contributed by atoms with Crippen molar-refractivity contribution in [3.63, 3.8) is 0 Å². The van der Waals surface area contributed by atoms with Crippen LogP contribution in [0.15, 0.2) is 12.3 Å². The summed E-state index contributed by atoms with van der Waals surface area (Å²) in [4.78, 5) is 15.2. The van der Waals surface area contributed by atoms with E-state index in [4.69, 9.17) is 10.00 Å². The molecule has 0 N–H and O–H groups in total. The molecule has 0 aliphatic heterocycles. The minimum atomic E-state index is -0.548. The molecule has 0 bridgehead atoms. The first-order chi connectivity index (χ1) is 6.70. The van der Waals surface area contributed by atoms with Crippen molar-refractivity contribution in [2.24, 2.45) is 0 Å². The molecule has 1 rings (SSSR count). The predicted octanol–water partition coefficient (Wildman–Crippen LogP) is 1.44. The maximum atomic E-state index is 11.3. The van der Waals surface area contributed by atoms with Crippen LogP contribution < -0.4 is 0 Å². The molecule has 0 aliphatic rings. The summed E-state index contributed by atoms with van der Waals surface area (Å²) in [6, 6.07) is 3.62. The number of ether oxygens (including phenoxy) is 1. The summed E-state index contributed by atoms with van der Waals surface area (Å²) < 4.78 is 4.77. The molecule has 1 heterocycles. The van der Waals surface area contributed by atoms with Gasteiger partial charge in [0, 0.05) is 6.20 Å². The zero-order valence-electron chi connectivity index (χ0n) is 8.07. The van der Waals surface area contributed by atoms with Crippen LogP contribution in [0.4, 0.5) is 0 Å². The number of rotatable bonds is 2. The fraction of sp³-hybridized carbons (Fsp3) is 0.300. The Balaban J connectivity index is 3.15. The maximum Gasteiger partial charge on any atom is 0.358 e. The van der Waals surface area contributed by atoms with E-state index in [1.807, 2.05) is 6.07 Å². The highest BCUT2D eigenvalue weighted by atomic mass is 16.5. The minimum Gasteiger partial charge on any atom is -0.461 e. The lowest BCUT2D eigenvalue weighted by molar-refractivity contribution is 0.0519. The number of aryl methyl sites for hydroxylation is 1. The quantitative estimate of drug-likeness (QED) is 0.662. The molecule has 4 nitrogen and oxygen atoms in total. The molecule has 0 atom stereocenters. The van der Waals surface area contributed by atoms with E-state index in [0.29, 0.717) is 0 Å². The van der Waals surface area contributed by atoms with E-state index < -0.39 is 5.97 Å². The lowest BCUT2D eigenvalue weighted by atomic mass is 10.1. The van der Waals surface area contributed by atoms with E-state index in [0.717, 1.165) is 5.56 Å². The number of esters is 1. The summed E-state index contributed by atoms with van der Waals surface area (Å²) in [5, 5.41) is 8.82. The number of carbonyl (C=O) groups is 1. The van der Waals surface area contributed by atoms with Crippen LogP contribution in [0.1, 0.15) is 28.5 Å². The van der Waals surface area contributed by atoms with Gasteiger partial charge in [-0.15, -0.1) is 0 Å². The van der Waals surface area contributed by atoms with E-state index in [1.165, 1.54) is 6.20 Å². The lowest BCUT2D eigenvalue weighted by Gasteiger charge is -2.03. The van der Waals surface area contributed by atoms with Gasteiger partial charge in [-0.1, -0.05) is 0 Å². The summed E-state index contributed by atoms with van der Waals surface area (Å²) in [5.74, 6) is -0.548. The average molecular weight is 190 g/mol. The molecule has 4 heteroatoms. The van der Waals surface area contributed by atoms with Gasteiger partial charge in [0.25, 0.3) is 0 Å². The largest absolute Gasteiger partial charge is 0.461 e. The van der Waals surface area contributed by atoms with Crippen LogP contribution in [0.5, 0.6) is 0 Å². The first-order valence-corrected chi connectivity index (χ1v) is 4.23. The molecule has 0 saturated heterocycles. The third-order valence-corrected chi connectivity index (χ3v) is 1.74. The second-order valence-corrected chi connectivity index (χ2v) is 2.68. The minimum absolute atomic E-state index is 0.0920. The van der Waals surface area contributed by atoms with E-state index in [9.17, 15) is 4.79 Å². The van der Waals surface area contributed by atoms with Crippen LogP contribution in [-0.2, 0) is 4.74 Å². The van der Waals surface area contributed by atoms with Gasteiger partial charge in [-0.05, 0) is 25.5 Å². The van der Waals surface area contributed by atoms with Crippen molar-refractivity contribution in [1.29, 1.82) is 5.26 Å². The number of hydrogen-bond acceptors (Lipinski definition) is 4. The fourth-order valence-electron chi connectivity index (χ4n) is 1.05. The second-order valence-electron chi connectivity index (χ2n) is 2.68. The number of carbonyl (C=O) groups excluding carboxylic acids is 1. The first-order valence-electron chi connectivity index (χ1n) is 4.23. The number of pyridine rings is 1. The summed E-state index contributed by atoms with van der Waals surface area (Å²) >= 11 is 0. The van der Waals surface area contributed by atoms with E-state index in [2.05, 4.69) is 4.98 Å². The van der Waals surface area contributed by atoms with Crippen molar-refractivity contribution in [2.75, 3.05) is 6.61 Å². The molecule has 0 aliphatic carbocycles. The second kappa shape index (κ2) is 4.38. The highest BCUT2D eigenvalue weighted by Crippen LogP contribution is 2.10. The lowest BCUT2D eigenvalue weighted by Crippen LogP contribution is -2.10. The van der Waals surface area contributed by atoms with Gasteiger partial charge < -0.3 is 4.74 Å². The normalized spacial score (nSPS) is 9.21. The molecule has 0 amide bonds. The van der Waals surface area contributed by atoms with Crippen molar-refractivity contribution in [3.05, 3.63) is 29.1 Å². The van der Waals surface area contributed by atoms with Gasteiger partial charge in [0.05, 0.1) is 12.2 Å². The molecule has 72 valence electrons. The van der Waals surface area contributed by atoms with Crippen LogP contribution in [0.2, 0.25) is 0 Å². The summed E-state index contributed by atoms with van der Waals surface area (Å²) in [6.07, 6.45) is 1.49. The van der Waals surface area contributed by atoms with Crippen LogP contribution >= 0.6 is 0 Å². The van der Waals surface area contributed by atoms with Gasteiger partial charge in [0.1, 0.15) is 6.07 Å². The molecule has 0 spiro atoms. The zero-order chi connectivity index (χ0) is 10.6. The molecule has 0 aromatic carbocycles. The van der Waals surface area contributed by atoms with Gasteiger partial charge in [-0.2, -0.15) is 5.26 Å². The Morgan fingerprint density at radius 1 is 1.71 bits per heavy atom.